The van der Waals surface area contributed by atoms with Crippen molar-refractivity contribution in [2.75, 3.05) is 18.1 Å². The highest BCUT2D eigenvalue weighted by Gasteiger charge is 2.18. The van der Waals surface area contributed by atoms with Gasteiger partial charge in [-0.1, -0.05) is 17.7 Å². The number of sulfone groups is 1. The van der Waals surface area contributed by atoms with Crippen LogP contribution in [-0.4, -0.2) is 36.0 Å². The lowest BCUT2D eigenvalue weighted by atomic mass is 10.2. The molecule has 1 heterocycles. The van der Waals surface area contributed by atoms with Crippen LogP contribution in [0.15, 0.2) is 29.4 Å². The molecule has 0 saturated carbocycles. The van der Waals surface area contributed by atoms with Crippen LogP contribution < -0.4 is 10.5 Å². The van der Waals surface area contributed by atoms with Crippen molar-refractivity contribution in [1.82, 2.24) is 15.2 Å². The molecule has 0 aliphatic carbocycles. The van der Waals surface area contributed by atoms with E-state index >= 15 is 0 Å². The molecule has 20 heavy (non-hydrogen) atoms. The Hall–Kier alpha value is -2.09. The van der Waals surface area contributed by atoms with Gasteiger partial charge in [-0.05, 0) is 25.5 Å². The Balaban J connectivity index is 1.82. The molecule has 0 fully saturated rings. The molecule has 1 aromatic carbocycles. The van der Waals surface area contributed by atoms with E-state index < -0.39 is 9.84 Å². The Bertz CT molecular complexity index is 664. The second-order valence-corrected chi connectivity index (χ2v) is 6.36. The van der Waals surface area contributed by atoms with E-state index in [0.29, 0.717) is 13.0 Å². The van der Waals surface area contributed by atoms with Crippen molar-refractivity contribution < 1.29 is 13.2 Å². The summed E-state index contributed by atoms with van der Waals surface area (Å²) in [5.41, 5.74) is 6.42. The van der Waals surface area contributed by atoms with E-state index in [2.05, 4.69) is 15.2 Å². The predicted octanol–water partition coefficient (Wildman–Crippen LogP) is 0.938. The predicted molar refractivity (Wildman–Crippen MR) is 74.1 cm³/mol. The molecule has 0 unspecified atom stereocenters. The van der Waals surface area contributed by atoms with Crippen LogP contribution in [0.3, 0.4) is 0 Å². The first-order valence-electron chi connectivity index (χ1n) is 6.07. The highest BCUT2D eigenvalue weighted by atomic mass is 32.2. The second kappa shape index (κ2) is 5.91. The number of aromatic nitrogens is 3. The van der Waals surface area contributed by atoms with Crippen molar-refractivity contribution in [2.45, 2.75) is 18.5 Å². The zero-order valence-electron chi connectivity index (χ0n) is 11.0. The van der Waals surface area contributed by atoms with E-state index in [-0.39, 0.29) is 16.9 Å². The molecule has 2 aromatic rings. The van der Waals surface area contributed by atoms with Crippen LogP contribution in [0.5, 0.6) is 5.75 Å². The van der Waals surface area contributed by atoms with Gasteiger partial charge in [-0.25, -0.2) is 13.5 Å². The summed E-state index contributed by atoms with van der Waals surface area (Å²) >= 11 is 0. The number of rotatable bonds is 6. The number of hydrogen-bond acceptors (Lipinski definition) is 6. The molecule has 0 amide bonds. The Morgan fingerprint density at radius 3 is 2.60 bits per heavy atom. The lowest BCUT2D eigenvalue weighted by molar-refractivity contribution is 0.317. The maximum Gasteiger partial charge on any atom is 0.244 e. The number of nitrogen functional groups attached to an aromatic ring is 1. The topological polar surface area (TPSA) is 111 Å². The molecule has 1 aromatic heterocycles. The molecule has 0 atom stereocenters. The van der Waals surface area contributed by atoms with Crippen molar-refractivity contribution in [3.63, 3.8) is 0 Å². The van der Waals surface area contributed by atoms with E-state index in [0.717, 1.165) is 11.3 Å². The Morgan fingerprint density at radius 2 is 2.00 bits per heavy atom. The van der Waals surface area contributed by atoms with Crippen molar-refractivity contribution in [3.05, 3.63) is 29.8 Å². The molecule has 0 radical (unpaired) electrons. The molecule has 0 bridgehead atoms. The second-order valence-electron chi connectivity index (χ2n) is 4.33. The summed E-state index contributed by atoms with van der Waals surface area (Å²) in [6.07, 6.45) is 0.358. The lowest BCUT2D eigenvalue weighted by Gasteiger charge is -2.06. The first kappa shape index (κ1) is 14.3. The molecule has 0 aliphatic heterocycles. The van der Waals surface area contributed by atoms with Gasteiger partial charge in [0.1, 0.15) is 5.75 Å². The average Bonchev–Trinajstić information content (AvgIpc) is 2.84. The first-order valence-corrected chi connectivity index (χ1v) is 7.73. The number of nitrogens with zero attached hydrogens (tertiary/aromatic N) is 2. The van der Waals surface area contributed by atoms with E-state index in [1.165, 1.54) is 0 Å². The van der Waals surface area contributed by atoms with E-state index in [4.69, 9.17) is 10.5 Å². The Morgan fingerprint density at radius 1 is 1.30 bits per heavy atom. The maximum absolute atomic E-state index is 11.9. The monoisotopic (exact) mass is 296 g/mol. The number of anilines is 1. The van der Waals surface area contributed by atoms with Crippen LogP contribution >= 0.6 is 0 Å². The first-order chi connectivity index (χ1) is 9.47. The number of nitrogens with two attached hydrogens (primary N) is 1. The molecule has 8 heteroatoms. The fourth-order valence-corrected chi connectivity index (χ4v) is 2.68. The summed E-state index contributed by atoms with van der Waals surface area (Å²) in [6, 6.07) is 7.56. The SMILES string of the molecule is Cc1ccc(OCCCS(=O)(=O)c2nc(N)n[nH]2)cc1. The number of hydrogen-bond donors (Lipinski definition) is 2. The summed E-state index contributed by atoms with van der Waals surface area (Å²) in [5, 5.41) is 5.59. The zero-order chi connectivity index (χ0) is 14.6. The lowest BCUT2D eigenvalue weighted by Crippen LogP contribution is -2.12. The molecule has 108 valence electrons. The number of benzene rings is 1. The summed E-state index contributed by atoms with van der Waals surface area (Å²) < 4.78 is 29.2. The molecule has 2 rings (SSSR count). The highest BCUT2D eigenvalue weighted by Crippen LogP contribution is 2.12. The Labute approximate surface area is 117 Å². The third-order valence-corrected chi connectivity index (χ3v) is 4.22. The van der Waals surface area contributed by atoms with Gasteiger partial charge in [-0.15, -0.1) is 5.10 Å². The third-order valence-electron chi connectivity index (χ3n) is 2.62. The van der Waals surface area contributed by atoms with Crippen molar-refractivity contribution in [3.8, 4) is 5.75 Å². The van der Waals surface area contributed by atoms with Crippen molar-refractivity contribution in [2.24, 2.45) is 0 Å². The van der Waals surface area contributed by atoms with Gasteiger partial charge in [-0.2, -0.15) is 4.98 Å². The molecular weight excluding hydrogens is 280 g/mol. The van der Waals surface area contributed by atoms with Crippen LogP contribution in [-0.2, 0) is 9.84 Å². The highest BCUT2D eigenvalue weighted by molar-refractivity contribution is 7.91. The van der Waals surface area contributed by atoms with Gasteiger partial charge in [-0.3, -0.25) is 0 Å². The van der Waals surface area contributed by atoms with Gasteiger partial charge in [0, 0.05) is 0 Å². The fourth-order valence-electron chi connectivity index (χ4n) is 1.57. The number of aromatic amines is 1. The summed E-state index contributed by atoms with van der Waals surface area (Å²) in [7, 11) is -3.49. The van der Waals surface area contributed by atoms with E-state index in [1.54, 1.807) is 0 Å². The molecule has 0 aliphatic rings. The Kier molecular flexibility index (Phi) is 4.23. The quantitative estimate of drug-likeness (QED) is 0.767. The smallest absolute Gasteiger partial charge is 0.244 e. The standard InChI is InChI=1S/C12H16N4O3S/c1-9-3-5-10(6-4-9)19-7-2-8-20(17,18)12-14-11(13)15-16-12/h3-6H,2,7-8H2,1H3,(H3,13,14,15,16). The number of nitrogens with one attached hydrogen (secondary N) is 1. The number of ether oxygens (including phenoxy) is 1. The summed E-state index contributed by atoms with van der Waals surface area (Å²) in [6.45, 7) is 2.30. The van der Waals surface area contributed by atoms with Crippen LogP contribution in [0, 0.1) is 6.92 Å². The van der Waals surface area contributed by atoms with E-state index in [1.807, 2.05) is 31.2 Å². The normalized spacial score (nSPS) is 11.4. The van der Waals surface area contributed by atoms with E-state index in [9.17, 15) is 8.42 Å². The summed E-state index contributed by atoms with van der Waals surface area (Å²) in [4.78, 5) is 3.61. The fraction of sp³-hybridized carbons (Fsp3) is 0.333. The largest absolute Gasteiger partial charge is 0.494 e. The minimum atomic E-state index is -3.49. The number of aryl methyl sites for hydroxylation is 1. The third kappa shape index (κ3) is 3.70. The van der Waals surface area contributed by atoms with Crippen molar-refractivity contribution >= 4 is 15.8 Å². The van der Waals surface area contributed by atoms with Crippen LogP contribution in [0.1, 0.15) is 12.0 Å². The minimum Gasteiger partial charge on any atom is -0.494 e. The van der Waals surface area contributed by atoms with Gasteiger partial charge < -0.3 is 10.5 Å². The number of H-pyrrole nitrogens is 1. The minimum absolute atomic E-state index is 0.0759. The molecule has 0 spiro atoms. The van der Waals surface area contributed by atoms with Gasteiger partial charge in [0.25, 0.3) is 0 Å². The van der Waals surface area contributed by atoms with Gasteiger partial charge in [0.15, 0.2) is 0 Å². The van der Waals surface area contributed by atoms with Crippen LogP contribution in [0.4, 0.5) is 5.95 Å². The molecule has 0 saturated heterocycles. The molecule has 7 nitrogen and oxygen atoms in total. The van der Waals surface area contributed by atoms with Crippen molar-refractivity contribution in [1.29, 1.82) is 0 Å². The van der Waals surface area contributed by atoms with Gasteiger partial charge >= 0.3 is 0 Å². The zero-order valence-corrected chi connectivity index (χ0v) is 11.9. The van der Waals surface area contributed by atoms with Crippen LogP contribution in [0.25, 0.3) is 0 Å². The molecular formula is C12H16N4O3S. The van der Waals surface area contributed by atoms with Crippen LogP contribution in [0.2, 0.25) is 0 Å². The van der Waals surface area contributed by atoms with Gasteiger partial charge in [0.2, 0.25) is 20.9 Å². The summed E-state index contributed by atoms with van der Waals surface area (Å²) in [5.74, 6) is 0.560. The average molecular weight is 296 g/mol. The maximum atomic E-state index is 11.9. The van der Waals surface area contributed by atoms with Gasteiger partial charge in [0.05, 0.1) is 12.4 Å². The molecule has 3 N–H and O–H groups in total.